The molecule has 0 aliphatic rings. The fourth-order valence-electron chi connectivity index (χ4n) is 0.375. The minimum Gasteiger partial charge on any atom is -0.480 e. The molecule has 0 spiro atoms. The summed E-state index contributed by atoms with van der Waals surface area (Å²) in [5.74, 6) is -1.88. The first-order valence-electron chi connectivity index (χ1n) is 3.35. The zero-order chi connectivity index (χ0) is 9.72. The Balaban J connectivity index is 3.69. The molecule has 6 heteroatoms. The van der Waals surface area contributed by atoms with Crippen molar-refractivity contribution in [2.75, 3.05) is 6.61 Å². The van der Waals surface area contributed by atoms with E-state index < -0.39 is 24.0 Å². The van der Waals surface area contributed by atoms with Crippen molar-refractivity contribution < 1.29 is 19.4 Å². The van der Waals surface area contributed by atoms with Gasteiger partial charge in [0.2, 0.25) is 0 Å². The van der Waals surface area contributed by atoms with Crippen LogP contribution in [0.2, 0.25) is 0 Å². The standard InChI is InChI=1S/C6H12N2O4/c1-3(7)6(11)12-2-4(8)5(9)10/h3-4H,2,7-8H2,1H3,(H,9,10)/t3-,4+/m1/s1. The molecular formula is C6H12N2O4. The molecule has 0 fully saturated rings. The summed E-state index contributed by atoms with van der Waals surface area (Å²) in [6.45, 7) is 1.09. The molecule has 0 saturated carbocycles. The number of esters is 1. The minimum absolute atomic E-state index is 0.351. The maximum absolute atomic E-state index is 10.7. The average molecular weight is 176 g/mol. The van der Waals surface area contributed by atoms with Crippen molar-refractivity contribution in [3.05, 3.63) is 0 Å². The van der Waals surface area contributed by atoms with Gasteiger partial charge in [0.1, 0.15) is 18.7 Å². The molecule has 0 bridgehead atoms. The number of carboxylic acid groups (broad SMARTS) is 1. The number of carbonyl (C=O) groups is 2. The van der Waals surface area contributed by atoms with Gasteiger partial charge in [0.25, 0.3) is 0 Å². The zero-order valence-corrected chi connectivity index (χ0v) is 6.69. The molecule has 0 aromatic rings. The Bertz CT molecular complexity index is 180. The third-order valence-electron chi connectivity index (χ3n) is 1.09. The summed E-state index contributed by atoms with van der Waals surface area (Å²) >= 11 is 0. The molecule has 0 rings (SSSR count). The van der Waals surface area contributed by atoms with Crippen LogP contribution >= 0.6 is 0 Å². The van der Waals surface area contributed by atoms with Crippen LogP contribution in [0.4, 0.5) is 0 Å². The van der Waals surface area contributed by atoms with Crippen LogP contribution in [-0.4, -0.2) is 35.7 Å². The molecule has 0 amide bonds. The van der Waals surface area contributed by atoms with Gasteiger partial charge in [0.05, 0.1) is 0 Å². The molecule has 0 radical (unpaired) electrons. The second-order valence-electron chi connectivity index (χ2n) is 2.36. The van der Waals surface area contributed by atoms with E-state index in [9.17, 15) is 9.59 Å². The van der Waals surface area contributed by atoms with Gasteiger partial charge >= 0.3 is 11.9 Å². The number of nitrogens with two attached hydrogens (primary N) is 2. The summed E-state index contributed by atoms with van der Waals surface area (Å²) in [6, 6.07) is -1.95. The van der Waals surface area contributed by atoms with Gasteiger partial charge in [-0.1, -0.05) is 0 Å². The van der Waals surface area contributed by atoms with Gasteiger partial charge in [0, 0.05) is 0 Å². The first kappa shape index (κ1) is 10.9. The fourth-order valence-corrected chi connectivity index (χ4v) is 0.375. The number of hydrogen-bond donors (Lipinski definition) is 3. The van der Waals surface area contributed by atoms with Crippen molar-refractivity contribution in [1.29, 1.82) is 0 Å². The smallest absolute Gasteiger partial charge is 0.324 e. The van der Waals surface area contributed by atoms with E-state index in [4.69, 9.17) is 16.6 Å². The van der Waals surface area contributed by atoms with Crippen LogP contribution in [0.1, 0.15) is 6.92 Å². The molecule has 0 unspecified atom stereocenters. The van der Waals surface area contributed by atoms with Crippen molar-refractivity contribution in [2.24, 2.45) is 11.5 Å². The Kier molecular flexibility index (Phi) is 4.24. The molecular weight excluding hydrogens is 164 g/mol. The van der Waals surface area contributed by atoms with Crippen LogP contribution in [0.25, 0.3) is 0 Å². The Hall–Kier alpha value is -1.14. The molecule has 0 aromatic heterocycles. The minimum atomic E-state index is -1.22. The molecule has 12 heavy (non-hydrogen) atoms. The van der Waals surface area contributed by atoms with Crippen molar-refractivity contribution in [3.63, 3.8) is 0 Å². The van der Waals surface area contributed by atoms with Crippen LogP contribution in [0.3, 0.4) is 0 Å². The van der Waals surface area contributed by atoms with Gasteiger partial charge in [-0.05, 0) is 6.92 Å². The zero-order valence-electron chi connectivity index (χ0n) is 6.69. The number of carbonyl (C=O) groups excluding carboxylic acids is 1. The average Bonchev–Trinajstić information content (AvgIpc) is 1.98. The third-order valence-corrected chi connectivity index (χ3v) is 1.09. The lowest BCUT2D eigenvalue weighted by Crippen LogP contribution is -2.38. The van der Waals surface area contributed by atoms with Crippen LogP contribution in [0.5, 0.6) is 0 Å². The highest BCUT2D eigenvalue weighted by Gasteiger charge is 2.15. The molecule has 0 aliphatic carbocycles. The molecule has 0 aliphatic heterocycles. The number of rotatable bonds is 4. The van der Waals surface area contributed by atoms with Gasteiger partial charge in [-0.15, -0.1) is 0 Å². The molecule has 70 valence electrons. The largest absolute Gasteiger partial charge is 0.480 e. The Labute approximate surface area is 69.5 Å². The van der Waals surface area contributed by atoms with Crippen molar-refractivity contribution in [2.45, 2.75) is 19.0 Å². The van der Waals surface area contributed by atoms with Crippen molar-refractivity contribution in [1.82, 2.24) is 0 Å². The summed E-state index contributed by atoms with van der Waals surface area (Å²) in [6.07, 6.45) is 0. The van der Waals surface area contributed by atoms with Gasteiger partial charge in [-0.3, -0.25) is 9.59 Å². The first-order valence-corrected chi connectivity index (χ1v) is 3.35. The number of carboxylic acids is 1. The van der Waals surface area contributed by atoms with E-state index in [0.717, 1.165) is 0 Å². The highest BCUT2D eigenvalue weighted by molar-refractivity contribution is 5.76. The quantitative estimate of drug-likeness (QED) is 0.439. The Morgan fingerprint density at radius 2 is 2.00 bits per heavy atom. The number of ether oxygens (including phenoxy) is 1. The lowest BCUT2D eigenvalue weighted by molar-refractivity contribution is -0.148. The van der Waals surface area contributed by atoms with E-state index in [1.807, 2.05) is 0 Å². The molecule has 6 nitrogen and oxygen atoms in total. The van der Waals surface area contributed by atoms with Crippen LogP contribution < -0.4 is 11.5 Å². The Morgan fingerprint density at radius 3 is 2.33 bits per heavy atom. The van der Waals surface area contributed by atoms with Gasteiger partial charge in [-0.25, -0.2) is 0 Å². The van der Waals surface area contributed by atoms with E-state index in [2.05, 4.69) is 4.74 Å². The van der Waals surface area contributed by atoms with Crippen molar-refractivity contribution >= 4 is 11.9 Å². The lowest BCUT2D eigenvalue weighted by Gasteiger charge is -2.09. The monoisotopic (exact) mass is 176 g/mol. The summed E-state index contributed by atoms with van der Waals surface area (Å²) in [5, 5.41) is 8.29. The van der Waals surface area contributed by atoms with Crippen molar-refractivity contribution in [3.8, 4) is 0 Å². The van der Waals surface area contributed by atoms with E-state index >= 15 is 0 Å². The summed E-state index contributed by atoms with van der Waals surface area (Å²) in [7, 11) is 0. The summed E-state index contributed by atoms with van der Waals surface area (Å²) in [4.78, 5) is 20.8. The summed E-state index contributed by atoms with van der Waals surface area (Å²) < 4.78 is 4.46. The maximum atomic E-state index is 10.7. The van der Waals surface area contributed by atoms with Crippen LogP contribution in [-0.2, 0) is 14.3 Å². The van der Waals surface area contributed by atoms with Crippen LogP contribution in [0.15, 0.2) is 0 Å². The first-order chi connectivity index (χ1) is 5.45. The molecule has 0 heterocycles. The van der Waals surface area contributed by atoms with E-state index in [1.165, 1.54) is 6.92 Å². The van der Waals surface area contributed by atoms with Gasteiger partial charge < -0.3 is 21.3 Å². The predicted octanol–water partition coefficient (Wildman–Crippen LogP) is -1.71. The number of hydrogen-bond acceptors (Lipinski definition) is 5. The van der Waals surface area contributed by atoms with Gasteiger partial charge in [0.15, 0.2) is 0 Å². The molecule has 0 aromatic carbocycles. The number of aliphatic carboxylic acids is 1. The lowest BCUT2D eigenvalue weighted by atomic mass is 10.3. The van der Waals surface area contributed by atoms with E-state index in [-0.39, 0.29) is 6.61 Å². The molecule has 5 N–H and O–H groups in total. The van der Waals surface area contributed by atoms with E-state index in [1.54, 1.807) is 0 Å². The summed E-state index contributed by atoms with van der Waals surface area (Å²) in [5.41, 5.74) is 10.2. The maximum Gasteiger partial charge on any atom is 0.324 e. The molecule has 2 atom stereocenters. The predicted molar refractivity (Wildman–Crippen MR) is 40.2 cm³/mol. The highest BCUT2D eigenvalue weighted by atomic mass is 16.5. The van der Waals surface area contributed by atoms with E-state index in [0.29, 0.717) is 0 Å². The molecule has 0 saturated heterocycles. The van der Waals surface area contributed by atoms with Crippen LogP contribution in [0, 0.1) is 0 Å². The second kappa shape index (κ2) is 4.68. The normalized spacial score (nSPS) is 14.9. The Morgan fingerprint density at radius 1 is 1.50 bits per heavy atom. The van der Waals surface area contributed by atoms with Gasteiger partial charge in [-0.2, -0.15) is 0 Å². The fraction of sp³-hybridized carbons (Fsp3) is 0.667. The SMILES string of the molecule is C[C@@H](N)C(=O)OC[C@H](N)C(=O)O. The second-order valence-corrected chi connectivity index (χ2v) is 2.36. The third kappa shape index (κ3) is 3.89. The highest BCUT2D eigenvalue weighted by Crippen LogP contribution is 1.86. The topological polar surface area (TPSA) is 116 Å².